The molecule has 3 amide bonds. The first-order valence-corrected chi connectivity index (χ1v) is 11.0. The second-order valence-corrected chi connectivity index (χ2v) is 8.25. The molecule has 0 saturated carbocycles. The molecule has 1 saturated heterocycles. The number of amides is 3. The predicted octanol–water partition coefficient (Wildman–Crippen LogP) is 4.33. The molecule has 1 N–H and O–H groups in total. The number of carbonyl (C=O) groups is 3. The lowest BCUT2D eigenvalue weighted by molar-refractivity contribution is -0.129. The molecular weight excluding hydrogens is 390 g/mol. The topological polar surface area (TPSA) is 69.7 Å². The van der Waals surface area contributed by atoms with Gasteiger partial charge in [0.2, 0.25) is 11.8 Å². The second kappa shape index (κ2) is 10.2. The van der Waals surface area contributed by atoms with Gasteiger partial charge in [0.25, 0.3) is 5.91 Å². The van der Waals surface area contributed by atoms with Crippen molar-refractivity contribution < 1.29 is 14.4 Å². The van der Waals surface area contributed by atoms with Crippen molar-refractivity contribution in [2.24, 2.45) is 5.92 Å². The average Bonchev–Trinajstić information content (AvgIpc) is 3.17. The fourth-order valence-electron chi connectivity index (χ4n) is 3.77. The highest BCUT2D eigenvalue weighted by Gasteiger charge is 2.35. The van der Waals surface area contributed by atoms with Crippen LogP contribution in [0.1, 0.15) is 50.4 Å². The third-order valence-corrected chi connectivity index (χ3v) is 5.60. The minimum Gasteiger partial charge on any atom is -0.339 e. The normalized spacial score (nSPS) is 15.9. The lowest BCUT2D eigenvalue weighted by Gasteiger charge is -2.23. The van der Waals surface area contributed by atoms with Gasteiger partial charge in [0.15, 0.2) is 0 Å². The van der Waals surface area contributed by atoms with Crippen LogP contribution in [0.3, 0.4) is 0 Å². The number of para-hydroxylation sites is 1. The van der Waals surface area contributed by atoms with Crippen LogP contribution in [0.15, 0.2) is 54.6 Å². The molecule has 6 nitrogen and oxygen atoms in total. The maximum absolute atomic E-state index is 13.1. The second-order valence-electron chi connectivity index (χ2n) is 8.25. The van der Waals surface area contributed by atoms with Gasteiger partial charge in [-0.15, -0.1) is 0 Å². The molecule has 1 atom stereocenters. The van der Waals surface area contributed by atoms with Crippen molar-refractivity contribution in [1.82, 2.24) is 4.90 Å². The van der Waals surface area contributed by atoms with Crippen LogP contribution >= 0.6 is 0 Å². The number of nitrogens with zero attached hydrogens (tertiary/aromatic N) is 2. The van der Waals surface area contributed by atoms with Crippen LogP contribution in [-0.4, -0.2) is 41.8 Å². The van der Waals surface area contributed by atoms with Crippen molar-refractivity contribution in [3.8, 4) is 0 Å². The van der Waals surface area contributed by atoms with Crippen LogP contribution in [0.5, 0.6) is 0 Å². The Balaban J connectivity index is 1.67. The van der Waals surface area contributed by atoms with Gasteiger partial charge in [0.1, 0.15) is 0 Å². The lowest BCUT2D eigenvalue weighted by Crippen LogP contribution is -2.33. The zero-order valence-electron chi connectivity index (χ0n) is 18.5. The molecule has 164 valence electrons. The van der Waals surface area contributed by atoms with Crippen molar-refractivity contribution in [2.45, 2.75) is 46.1 Å². The van der Waals surface area contributed by atoms with Crippen molar-refractivity contribution in [1.29, 1.82) is 0 Å². The van der Waals surface area contributed by atoms with E-state index in [1.807, 2.05) is 44.2 Å². The molecule has 6 heteroatoms. The zero-order valence-corrected chi connectivity index (χ0v) is 18.5. The molecule has 1 aliphatic rings. The summed E-state index contributed by atoms with van der Waals surface area (Å²) < 4.78 is 0. The molecular formula is C25H31N3O3. The minimum absolute atomic E-state index is 0.0178. The molecule has 3 rings (SSSR count). The van der Waals surface area contributed by atoms with Crippen LogP contribution < -0.4 is 10.2 Å². The van der Waals surface area contributed by atoms with Crippen LogP contribution in [-0.2, 0) is 9.59 Å². The van der Waals surface area contributed by atoms with E-state index in [1.54, 1.807) is 34.1 Å². The summed E-state index contributed by atoms with van der Waals surface area (Å²) in [4.78, 5) is 41.3. The zero-order chi connectivity index (χ0) is 22.4. The number of rotatable bonds is 8. The number of nitrogens with one attached hydrogen (secondary N) is 1. The van der Waals surface area contributed by atoms with E-state index in [9.17, 15) is 14.4 Å². The fraction of sp³-hybridized carbons (Fsp3) is 0.400. The van der Waals surface area contributed by atoms with E-state index in [1.165, 1.54) is 0 Å². The van der Waals surface area contributed by atoms with Gasteiger partial charge in [-0.2, -0.15) is 0 Å². The highest BCUT2D eigenvalue weighted by molar-refractivity contribution is 6.06. The lowest BCUT2D eigenvalue weighted by atomic mass is 10.1. The molecule has 0 bridgehead atoms. The monoisotopic (exact) mass is 421 g/mol. The van der Waals surface area contributed by atoms with E-state index in [-0.39, 0.29) is 36.1 Å². The van der Waals surface area contributed by atoms with E-state index in [0.29, 0.717) is 24.3 Å². The quantitative estimate of drug-likeness (QED) is 0.690. The summed E-state index contributed by atoms with van der Waals surface area (Å²) in [5.74, 6) is -0.557. The van der Waals surface area contributed by atoms with Gasteiger partial charge in [-0.3, -0.25) is 14.4 Å². The van der Waals surface area contributed by atoms with Gasteiger partial charge >= 0.3 is 0 Å². The Hall–Kier alpha value is -3.15. The maximum atomic E-state index is 13.1. The Bertz CT molecular complexity index is 909. The molecule has 1 fully saturated rings. The molecule has 2 aromatic rings. The van der Waals surface area contributed by atoms with Gasteiger partial charge < -0.3 is 15.1 Å². The first-order chi connectivity index (χ1) is 14.9. The fourth-order valence-corrected chi connectivity index (χ4v) is 3.77. The summed E-state index contributed by atoms with van der Waals surface area (Å²) in [5, 5.41) is 2.88. The summed E-state index contributed by atoms with van der Waals surface area (Å²) in [6.45, 7) is 7.10. The molecule has 31 heavy (non-hydrogen) atoms. The van der Waals surface area contributed by atoms with Crippen molar-refractivity contribution in [3.63, 3.8) is 0 Å². The van der Waals surface area contributed by atoms with E-state index >= 15 is 0 Å². The third-order valence-electron chi connectivity index (χ3n) is 5.60. The minimum atomic E-state index is -0.348. The summed E-state index contributed by atoms with van der Waals surface area (Å²) in [6, 6.07) is 16.7. The number of likely N-dealkylation sites (tertiary alicyclic amines) is 1. The summed E-state index contributed by atoms with van der Waals surface area (Å²) in [7, 11) is 0. The van der Waals surface area contributed by atoms with E-state index in [2.05, 4.69) is 12.2 Å². The Labute approximate surface area is 184 Å². The Morgan fingerprint density at radius 1 is 1.10 bits per heavy atom. The number of carbonyl (C=O) groups excluding carboxylic acids is 3. The van der Waals surface area contributed by atoms with Gasteiger partial charge in [-0.05, 0) is 56.7 Å². The Morgan fingerprint density at radius 3 is 2.35 bits per heavy atom. The molecule has 2 aromatic carbocycles. The Kier molecular flexibility index (Phi) is 7.45. The number of unbranched alkanes of at least 4 members (excludes halogenated alkanes) is 1. The van der Waals surface area contributed by atoms with Crippen molar-refractivity contribution in [2.75, 3.05) is 23.3 Å². The van der Waals surface area contributed by atoms with E-state index in [0.717, 1.165) is 18.5 Å². The van der Waals surface area contributed by atoms with Crippen molar-refractivity contribution in [3.05, 3.63) is 60.2 Å². The first kappa shape index (κ1) is 22.5. The van der Waals surface area contributed by atoms with Crippen LogP contribution in [0.25, 0.3) is 0 Å². The van der Waals surface area contributed by atoms with Crippen LogP contribution in [0.4, 0.5) is 11.4 Å². The molecule has 0 aliphatic carbocycles. The van der Waals surface area contributed by atoms with Gasteiger partial charge in [0, 0.05) is 42.5 Å². The van der Waals surface area contributed by atoms with E-state index < -0.39 is 0 Å². The summed E-state index contributed by atoms with van der Waals surface area (Å²) in [6.07, 6.45) is 2.16. The van der Waals surface area contributed by atoms with E-state index in [4.69, 9.17) is 0 Å². The maximum Gasteiger partial charge on any atom is 0.258 e. The molecule has 0 spiro atoms. The van der Waals surface area contributed by atoms with Crippen LogP contribution in [0.2, 0.25) is 0 Å². The highest BCUT2D eigenvalue weighted by Crippen LogP contribution is 2.23. The Morgan fingerprint density at radius 2 is 1.77 bits per heavy atom. The highest BCUT2D eigenvalue weighted by atomic mass is 16.2. The van der Waals surface area contributed by atoms with Crippen molar-refractivity contribution >= 4 is 29.1 Å². The first-order valence-electron chi connectivity index (χ1n) is 11.0. The molecule has 1 unspecified atom stereocenters. The molecule has 1 aliphatic heterocycles. The molecule has 1 heterocycles. The average molecular weight is 422 g/mol. The predicted molar refractivity (Wildman–Crippen MR) is 123 cm³/mol. The summed E-state index contributed by atoms with van der Waals surface area (Å²) in [5.41, 5.74) is 2.07. The third kappa shape index (κ3) is 5.51. The number of anilines is 2. The number of benzene rings is 2. The standard InChI is InChI=1S/C25H31N3O3/c1-4-5-15-27(22-9-7-6-8-10-22)25(31)19-11-13-21(14-12-19)26-24(30)20-16-23(29)28(17-20)18(2)3/h6-14,18,20H,4-5,15-17H2,1-3H3,(H,26,30). The SMILES string of the molecule is CCCCN(C(=O)c1ccc(NC(=O)C2CC(=O)N(C(C)C)C2)cc1)c1ccccc1. The van der Waals surface area contributed by atoms with Gasteiger partial charge in [-0.1, -0.05) is 31.5 Å². The molecule has 0 radical (unpaired) electrons. The van der Waals surface area contributed by atoms with Crippen LogP contribution in [0, 0.1) is 5.92 Å². The molecule has 0 aromatic heterocycles. The number of hydrogen-bond donors (Lipinski definition) is 1. The summed E-state index contributed by atoms with van der Waals surface area (Å²) >= 11 is 0. The largest absolute Gasteiger partial charge is 0.339 e. The number of hydrogen-bond acceptors (Lipinski definition) is 3. The smallest absolute Gasteiger partial charge is 0.258 e. The van der Waals surface area contributed by atoms with Gasteiger partial charge in [0.05, 0.1) is 5.92 Å². The van der Waals surface area contributed by atoms with Gasteiger partial charge in [-0.25, -0.2) is 0 Å².